The number of rotatable bonds is 7. The van der Waals surface area contributed by atoms with Gasteiger partial charge in [-0.25, -0.2) is 0 Å². The molecule has 0 aromatic heterocycles. The van der Waals surface area contributed by atoms with E-state index in [1.807, 2.05) is 6.92 Å². The average molecular weight is 449 g/mol. The van der Waals surface area contributed by atoms with E-state index in [2.05, 4.69) is 10.6 Å². The Labute approximate surface area is 184 Å². The van der Waals surface area contributed by atoms with E-state index in [4.69, 9.17) is 17.0 Å². The van der Waals surface area contributed by atoms with Crippen LogP contribution in [0.15, 0.2) is 30.3 Å². The summed E-state index contributed by atoms with van der Waals surface area (Å²) < 4.78 is 5.24. The van der Waals surface area contributed by atoms with Crippen LogP contribution in [0.5, 0.6) is 0 Å². The number of nitro groups is 1. The molecule has 2 N–H and O–H groups in total. The molecule has 1 aliphatic rings. The van der Waals surface area contributed by atoms with Gasteiger partial charge in [-0.2, -0.15) is 0 Å². The maximum Gasteiger partial charge on any atom is 0.308 e. The lowest BCUT2D eigenvalue weighted by molar-refractivity contribution is -0.384. The van der Waals surface area contributed by atoms with Gasteiger partial charge in [-0.05, 0) is 37.2 Å². The van der Waals surface area contributed by atoms with Crippen molar-refractivity contribution in [3.05, 3.63) is 46.0 Å². The zero-order valence-electron chi connectivity index (χ0n) is 17.2. The van der Waals surface area contributed by atoms with Crippen molar-refractivity contribution in [1.82, 2.24) is 15.5 Å². The van der Waals surface area contributed by atoms with E-state index < -0.39 is 22.8 Å². The first-order valence-electron chi connectivity index (χ1n) is 9.72. The number of nitrogens with one attached hydrogen (secondary N) is 2. The van der Waals surface area contributed by atoms with E-state index in [1.165, 1.54) is 35.3 Å². The molecule has 1 aromatic rings. The number of nitrogens with zero attached hydrogens (tertiary/aromatic N) is 2. The van der Waals surface area contributed by atoms with Gasteiger partial charge in [0.2, 0.25) is 11.8 Å². The van der Waals surface area contributed by atoms with Crippen LogP contribution in [0.2, 0.25) is 0 Å². The van der Waals surface area contributed by atoms with Gasteiger partial charge >= 0.3 is 5.97 Å². The molecule has 0 saturated carbocycles. The molecule has 1 aromatic carbocycles. The molecule has 31 heavy (non-hydrogen) atoms. The predicted molar refractivity (Wildman–Crippen MR) is 117 cm³/mol. The quantitative estimate of drug-likeness (QED) is 0.211. The summed E-state index contributed by atoms with van der Waals surface area (Å²) in [6.45, 7) is 4.27. The van der Waals surface area contributed by atoms with Gasteiger partial charge in [-0.1, -0.05) is 19.1 Å². The van der Waals surface area contributed by atoms with Crippen LogP contribution in [0.3, 0.4) is 0 Å². The Morgan fingerprint density at radius 2 is 2.23 bits per heavy atom. The molecule has 0 spiro atoms. The van der Waals surface area contributed by atoms with Crippen molar-refractivity contribution >= 4 is 46.9 Å². The maximum atomic E-state index is 12.3. The van der Waals surface area contributed by atoms with Crippen molar-refractivity contribution in [2.75, 3.05) is 13.1 Å². The van der Waals surface area contributed by atoms with Gasteiger partial charge in [0.05, 0.1) is 17.4 Å². The standard InChI is InChI=1S/C20H24N4O6S/c1-3-13(2)30-18(26)12-16-19(27)21-9-10-23(16)20(31)22-17(25)8-7-14-5-4-6-15(11-14)24(28)29/h4-8,11,13,16H,3,9-10,12H2,1-2H3,(H,21,27)(H,22,25,31)/b8-7+. The van der Waals surface area contributed by atoms with Crippen LogP contribution in [0.25, 0.3) is 6.08 Å². The molecule has 1 heterocycles. The number of nitro benzene ring substituents is 1. The molecule has 0 aliphatic carbocycles. The first kappa shape index (κ1) is 23.9. The minimum atomic E-state index is -0.890. The SMILES string of the molecule is CCC(C)OC(=O)CC1C(=O)NCCN1C(=S)NC(=O)/C=C/c1cccc([N+](=O)[O-])c1. The van der Waals surface area contributed by atoms with E-state index in [9.17, 15) is 24.5 Å². The number of thiocarbonyl (C=S) groups is 1. The number of ether oxygens (including phenoxy) is 1. The summed E-state index contributed by atoms with van der Waals surface area (Å²) in [6, 6.07) is 4.91. The first-order valence-corrected chi connectivity index (χ1v) is 10.1. The van der Waals surface area contributed by atoms with Crippen molar-refractivity contribution in [1.29, 1.82) is 0 Å². The summed E-state index contributed by atoms with van der Waals surface area (Å²) in [5.74, 6) is -1.47. The summed E-state index contributed by atoms with van der Waals surface area (Å²) in [4.78, 5) is 48.4. The molecule has 2 unspecified atom stereocenters. The van der Waals surface area contributed by atoms with Crippen LogP contribution < -0.4 is 10.6 Å². The molecule has 1 aliphatic heterocycles. The van der Waals surface area contributed by atoms with Crippen molar-refractivity contribution in [3.63, 3.8) is 0 Å². The molecule has 1 fully saturated rings. The van der Waals surface area contributed by atoms with E-state index in [-0.39, 0.29) is 29.2 Å². The van der Waals surface area contributed by atoms with Gasteiger partial charge in [0.15, 0.2) is 5.11 Å². The molecular weight excluding hydrogens is 424 g/mol. The Morgan fingerprint density at radius 3 is 2.90 bits per heavy atom. The molecule has 166 valence electrons. The summed E-state index contributed by atoms with van der Waals surface area (Å²) >= 11 is 5.27. The van der Waals surface area contributed by atoms with Crippen molar-refractivity contribution < 1.29 is 24.0 Å². The number of benzene rings is 1. The van der Waals surface area contributed by atoms with Gasteiger partial charge in [0, 0.05) is 31.3 Å². The molecule has 11 heteroatoms. The second-order valence-corrected chi connectivity index (χ2v) is 7.28. The Hall–Kier alpha value is -3.34. The summed E-state index contributed by atoms with van der Waals surface area (Å²) in [5.41, 5.74) is 0.378. The third-order valence-corrected chi connectivity index (χ3v) is 4.93. The highest BCUT2D eigenvalue weighted by molar-refractivity contribution is 7.80. The number of amides is 2. The summed E-state index contributed by atoms with van der Waals surface area (Å²) in [5, 5.41) is 16.0. The number of esters is 1. The van der Waals surface area contributed by atoms with E-state index in [1.54, 1.807) is 13.0 Å². The fourth-order valence-electron chi connectivity index (χ4n) is 2.81. The fraction of sp³-hybridized carbons (Fsp3) is 0.400. The van der Waals surface area contributed by atoms with Crippen molar-refractivity contribution in [2.45, 2.75) is 38.8 Å². The molecule has 0 radical (unpaired) electrons. The van der Waals surface area contributed by atoms with Gasteiger partial charge in [-0.15, -0.1) is 0 Å². The van der Waals surface area contributed by atoms with Crippen LogP contribution in [0, 0.1) is 10.1 Å². The number of carbonyl (C=O) groups excluding carboxylic acids is 3. The Kier molecular flexibility index (Phi) is 8.62. The second kappa shape index (κ2) is 11.2. The monoisotopic (exact) mass is 448 g/mol. The van der Waals surface area contributed by atoms with Crippen LogP contribution >= 0.6 is 12.2 Å². The summed E-state index contributed by atoms with van der Waals surface area (Å²) in [7, 11) is 0. The minimum absolute atomic E-state index is 0.00452. The number of piperazine rings is 1. The minimum Gasteiger partial charge on any atom is -0.463 e. The maximum absolute atomic E-state index is 12.3. The zero-order valence-corrected chi connectivity index (χ0v) is 18.0. The topological polar surface area (TPSA) is 131 Å². The van der Waals surface area contributed by atoms with Crippen LogP contribution in [-0.4, -0.2) is 58.0 Å². The number of non-ortho nitro benzene ring substituents is 1. The van der Waals surface area contributed by atoms with Gasteiger partial charge in [-0.3, -0.25) is 29.8 Å². The zero-order chi connectivity index (χ0) is 23.0. The molecule has 2 rings (SSSR count). The lowest BCUT2D eigenvalue weighted by Crippen LogP contribution is -2.60. The van der Waals surface area contributed by atoms with Crippen LogP contribution in [0.4, 0.5) is 5.69 Å². The van der Waals surface area contributed by atoms with Gasteiger partial charge in [0.1, 0.15) is 6.04 Å². The highest BCUT2D eigenvalue weighted by Gasteiger charge is 2.34. The Balaban J connectivity index is 2.01. The van der Waals surface area contributed by atoms with Gasteiger partial charge < -0.3 is 15.0 Å². The highest BCUT2D eigenvalue weighted by atomic mass is 32.1. The molecular formula is C20H24N4O6S. The molecule has 0 bridgehead atoms. The number of hydrogen-bond donors (Lipinski definition) is 2. The Bertz CT molecular complexity index is 903. The van der Waals surface area contributed by atoms with E-state index >= 15 is 0 Å². The fourth-order valence-corrected chi connectivity index (χ4v) is 3.13. The first-order chi connectivity index (χ1) is 14.7. The lowest BCUT2D eigenvalue weighted by atomic mass is 10.1. The average Bonchev–Trinajstić information content (AvgIpc) is 2.73. The molecule has 2 amide bonds. The largest absolute Gasteiger partial charge is 0.463 e. The number of hydrogen-bond acceptors (Lipinski definition) is 7. The predicted octanol–water partition coefficient (Wildman–Crippen LogP) is 1.54. The van der Waals surface area contributed by atoms with Gasteiger partial charge in [0.25, 0.3) is 5.69 Å². The van der Waals surface area contributed by atoms with Crippen molar-refractivity contribution in [2.24, 2.45) is 0 Å². The molecule has 1 saturated heterocycles. The second-order valence-electron chi connectivity index (χ2n) is 6.89. The Morgan fingerprint density at radius 1 is 1.48 bits per heavy atom. The smallest absolute Gasteiger partial charge is 0.308 e. The normalized spacial score (nSPS) is 17.0. The van der Waals surface area contributed by atoms with Crippen LogP contribution in [0.1, 0.15) is 32.3 Å². The lowest BCUT2D eigenvalue weighted by Gasteiger charge is -2.36. The van der Waals surface area contributed by atoms with E-state index in [0.29, 0.717) is 25.1 Å². The van der Waals surface area contributed by atoms with E-state index in [0.717, 1.165) is 0 Å². The highest BCUT2D eigenvalue weighted by Crippen LogP contribution is 2.14. The third-order valence-electron chi connectivity index (χ3n) is 4.60. The number of carbonyl (C=O) groups is 3. The van der Waals surface area contributed by atoms with Crippen molar-refractivity contribution in [3.8, 4) is 0 Å². The van der Waals surface area contributed by atoms with Crippen LogP contribution in [-0.2, 0) is 19.1 Å². The third kappa shape index (κ3) is 7.14. The molecule has 2 atom stereocenters. The summed E-state index contributed by atoms with van der Waals surface area (Å²) in [6.07, 6.45) is 2.78. The molecule has 10 nitrogen and oxygen atoms in total.